The van der Waals surface area contributed by atoms with E-state index < -0.39 is 86.5 Å². The van der Waals surface area contributed by atoms with Gasteiger partial charge in [-0.25, -0.2) is 4.79 Å². The third kappa shape index (κ3) is 3.94. The van der Waals surface area contributed by atoms with Crippen molar-refractivity contribution in [3.05, 3.63) is 0 Å². The Kier molecular flexibility index (Phi) is 7.10. The zero-order chi connectivity index (χ0) is 20.5. The highest BCUT2D eigenvalue weighted by Crippen LogP contribution is 2.38. The maximum Gasteiger partial charge on any atom is 0.332 e. The van der Waals surface area contributed by atoms with Crippen LogP contribution in [0, 0.1) is 0 Å². The first-order chi connectivity index (χ1) is 12.6. The van der Waals surface area contributed by atoms with Gasteiger partial charge in [0, 0.05) is 0 Å². The molecule has 2 heterocycles. The zero-order valence-electron chi connectivity index (χ0n) is 14.0. The van der Waals surface area contributed by atoms with Crippen LogP contribution in [-0.2, 0) is 19.0 Å². The number of aliphatic hydroxyl groups excluding tert-OH is 8. The van der Waals surface area contributed by atoms with Crippen LogP contribution in [0.3, 0.4) is 0 Å². The third-order valence-electron chi connectivity index (χ3n) is 4.67. The number of aliphatic hydroxyl groups is 9. The van der Waals surface area contributed by atoms with Crippen LogP contribution < -0.4 is 0 Å². The second kappa shape index (κ2) is 8.59. The van der Waals surface area contributed by atoms with Crippen molar-refractivity contribution in [2.75, 3.05) is 19.8 Å². The van der Waals surface area contributed by atoms with E-state index >= 15 is 0 Å². The molecule has 3 unspecified atom stereocenters. The molecule has 158 valence electrons. The fraction of sp³-hybridized carbons (Fsp3) is 0.929. The molecule has 2 fully saturated rings. The fourth-order valence-corrected chi connectivity index (χ4v) is 3.16. The lowest BCUT2D eigenvalue weighted by atomic mass is 9.87. The van der Waals surface area contributed by atoms with Crippen LogP contribution in [0.15, 0.2) is 0 Å². The zero-order valence-corrected chi connectivity index (χ0v) is 14.0. The van der Waals surface area contributed by atoms with Crippen LogP contribution in [0.5, 0.6) is 0 Å². The molecule has 2 aliphatic heterocycles. The number of carbonyl (C=O) groups excluding carboxylic acids is 1. The van der Waals surface area contributed by atoms with E-state index in [9.17, 15) is 45.6 Å². The van der Waals surface area contributed by atoms with Crippen LogP contribution in [-0.4, -0.2) is 132 Å². The molecule has 0 saturated carbocycles. The van der Waals surface area contributed by atoms with Crippen LogP contribution >= 0.6 is 0 Å². The maximum atomic E-state index is 11.6. The summed E-state index contributed by atoms with van der Waals surface area (Å²) in [6.45, 7) is -2.84. The number of hydrogen-bond acceptors (Lipinski definition) is 13. The van der Waals surface area contributed by atoms with Crippen molar-refractivity contribution in [1.29, 1.82) is 0 Å². The fourth-order valence-electron chi connectivity index (χ4n) is 3.16. The van der Waals surface area contributed by atoms with Crippen LogP contribution in [0.25, 0.3) is 0 Å². The number of hydrogen-bond donors (Lipinski definition) is 9. The summed E-state index contributed by atoms with van der Waals surface area (Å²) in [5.74, 6) is -4.27. The molecule has 13 nitrogen and oxygen atoms in total. The molecule has 2 rings (SSSR count). The normalized spacial score (nSPS) is 46.3. The summed E-state index contributed by atoms with van der Waals surface area (Å²) >= 11 is 0. The van der Waals surface area contributed by atoms with Gasteiger partial charge in [0.25, 0.3) is 0 Å². The number of carbonyl (C=O) groups is 1. The first-order valence-electron chi connectivity index (χ1n) is 8.10. The molecule has 27 heavy (non-hydrogen) atoms. The molecule has 0 amide bonds. The minimum absolute atomic E-state index is 0.828. The van der Waals surface area contributed by atoms with Gasteiger partial charge in [-0.1, -0.05) is 0 Å². The van der Waals surface area contributed by atoms with E-state index in [4.69, 9.17) is 19.3 Å². The lowest BCUT2D eigenvalue weighted by molar-refractivity contribution is -0.330. The van der Waals surface area contributed by atoms with Gasteiger partial charge in [0.15, 0.2) is 6.10 Å². The van der Waals surface area contributed by atoms with Crippen molar-refractivity contribution in [2.45, 2.75) is 60.7 Å². The lowest BCUT2D eigenvalue weighted by Crippen LogP contribution is -2.68. The first kappa shape index (κ1) is 22.3. The molecule has 13 heteroatoms. The summed E-state index contributed by atoms with van der Waals surface area (Å²) in [4.78, 5) is 11.6. The Morgan fingerprint density at radius 3 is 2.00 bits per heavy atom. The summed E-state index contributed by atoms with van der Waals surface area (Å²) < 4.78 is 15.0. The topological polar surface area (TPSA) is 227 Å². The molecule has 9 N–H and O–H groups in total. The number of rotatable bonds is 6. The van der Waals surface area contributed by atoms with E-state index in [1.165, 1.54) is 0 Å². The second-order valence-electron chi connectivity index (χ2n) is 6.39. The van der Waals surface area contributed by atoms with Crippen molar-refractivity contribution < 1.29 is 65.0 Å². The Morgan fingerprint density at radius 1 is 0.926 bits per heavy atom. The Labute approximate surface area is 152 Å². The van der Waals surface area contributed by atoms with Crippen LogP contribution in [0.2, 0.25) is 0 Å². The standard InChI is InChI=1S/C14H24O13/c15-1-4-7(19)9(21)10(22)11(25-4)13(26-6(18)3-17)14(24)12(23)8(20)5(2-16)27-14/h4-5,7-13,15-17,19-24H,1-3H2/t4-,5-,7+,8-,9+,10-,11?,12+,13?,14?/m1/s1. The average molecular weight is 400 g/mol. The van der Waals surface area contributed by atoms with Gasteiger partial charge in [-0.15, -0.1) is 0 Å². The van der Waals surface area contributed by atoms with Gasteiger partial charge in [0.1, 0.15) is 55.4 Å². The Bertz CT molecular complexity index is 515. The molecule has 0 radical (unpaired) electrons. The molecule has 2 saturated heterocycles. The minimum atomic E-state index is -2.93. The first-order valence-corrected chi connectivity index (χ1v) is 8.10. The molecule has 2 aliphatic rings. The smallest absolute Gasteiger partial charge is 0.332 e. The second-order valence-corrected chi connectivity index (χ2v) is 6.39. The highest BCUT2D eigenvalue weighted by Gasteiger charge is 2.64. The highest BCUT2D eigenvalue weighted by atomic mass is 16.7. The summed E-state index contributed by atoms with van der Waals surface area (Å²) in [5.41, 5.74) is 0. The SMILES string of the molecule is O=C(CO)OC(C1O[C@H](CO)[C@H](O)[C@H](O)[C@H]1O)C1(O)O[C@H](CO)[C@@H](O)[C@@H]1O. The van der Waals surface area contributed by atoms with Crippen molar-refractivity contribution in [2.24, 2.45) is 0 Å². The third-order valence-corrected chi connectivity index (χ3v) is 4.67. The van der Waals surface area contributed by atoms with E-state index in [0.29, 0.717) is 0 Å². The largest absolute Gasteiger partial charge is 0.452 e. The quantitative estimate of drug-likeness (QED) is 0.189. The molecule has 0 bridgehead atoms. The monoisotopic (exact) mass is 400 g/mol. The predicted octanol–water partition coefficient (Wildman–Crippen LogP) is -6.47. The van der Waals surface area contributed by atoms with Crippen molar-refractivity contribution in [3.8, 4) is 0 Å². The lowest BCUT2D eigenvalue weighted by Gasteiger charge is -2.46. The number of ether oxygens (including phenoxy) is 3. The van der Waals surface area contributed by atoms with Crippen molar-refractivity contribution >= 4 is 5.97 Å². The van der Waals surface area contributed by atoms with E-state index in [1.54, 1.807) is 0 Å². The summed E-state index contributed by atoms with van der Waals surface area (Å²) in [5, 5.41) is 88.0. The molecule has 0 aliphatic carbocycles. The molecule has 0 aromatic rings. The van der Waals surface area contributed by atoms with Gasteiger partial charge < -0.3 is 60.2 Å². The summed E-state index contributed by atoms with van der Waals surface area (Å²) in [6.07, 6.45) is -16.6. The van der Waals surface area contributed by atoms with Gasteiger partial charge in [0.2, 0.25) is 5.79 Å². The summed E-state index contributed by atoms with van der Waals surface area (Å²) in [7, 11) is 0. The average Bonchev–Trinajstić information content (AvgIpc) is 2.89. The van der Waals surface area contributed by atoms with E-state index in [-0.39, 0.29) is 0 Å². The van der Waals surface area contributed by atoms with Gasteiger partial charge in [-0.2, -0.15) is 0 Å². The van der Waals surface area contributed by atoms with Gasteiger partial charge in [-0.05, 0) is 0 Å². The molecule has 10 atom stereocenters. The molecule has 0 aromatic heterocycles. The van der Waals surface area contributed by atoms with E-state index in [0.717, 1.165) is 0 Å². The van der Waals surface area contributed by atoms with Gasteiger partial charge in [-0.3, -0.25) is 0 Å². The van der Waals surface area contributed by atoms with E-state index in [2.05, 4.69) is 0 Å². The summed E-state index contributed by atoms with van der Waals surface area (Å²) in [6, 6.07) is 0. The Balaban J connectivity index is 2.41. The number of esters is 1. The molecule has 0 aromatic carbocycles. The van der Waals surface area contributed by atoms with Crippen molar-refractivity contribution in [1.82, 2.24) is 0 Å². The van der Waals surface area contributed by atoms with Crippen LogP contribution in [0.4, 0.5) is 0 Å². The molecule has 0 spiro atoms. The van der Waals surface area contributed by atoms with Gasteiger partial charge in [0.05, 0.1) is 13.2 Å². The van der Waals surface area contributed by atoms with Crippen molar-refractivity contribution in [3.63, 3.8) is 0 Å². The molecular weight excluding hydrogens is 376 g/mol. The highest BCUT2D eigenvalue weighted by molar-refractivity contribution is 5.70. The van der Waals surface area contributed by atoms with E-state index in [1.807, 2.05) is 0 Å². The Morgan fingerprint density at radius 2 is 1.52 bits per heavy atom. The molecular formula is C14H24O13. The van der Waals surface area contributed by atoms with Gasteiger partial charge >= 0.3 is 5.97 Å². The predicted molar refractivity (Wildman–Crippen MR) is 79.7 cm³/mol. The maximum absolute atomic E-state index is 11.6. The minimum Gasteiger partial charge on any atom is -0.452 e. The Hall–Kier alpha value is -0.970. The van der Waals surface area contributed by atoms with Crippen LogP contribution in [0.1, 0.15) is 0 Å².